The van der Waals surface area contributed by atoms with Crippen molar-refractivity contribution in [3.8, 4) is 11.1 Å². The summed E-state index contributed by atoms with van der Waals surface area (Å²) < 4.78 is 0. The van der Waals surface area contributed by atoms with Crippen LogP contribution in [0.1, 0.15) is 28.4 Å². The summed E-state index contributed by atoms with van der Waals surface area (Å²) in [5.41, 5.74) is 3.09. The molecule has 11 heteroatoms. The maximum Gasteiger partial charge on any atom is 0.269 e. The number of nitrogens with zero attached hydrogens (tertiary/aromatic N) is 4. The number of nitro groups is 1. The predicted octanol–water partition coefficient (Wildman–Crippen LogP) is 2.72. The lowest BCUT2D eigenvalue weighted by molar-refractivity contribution is -0.384. The molecule has 0 saturated carbocycles. The van der Waals surface area contributed by atoms with E-state index in [1.807, 2.05) is 24.3 Å². The monoisotopic (exact) mass is 503 g/mol. The van der Waals surface area contributed by atoms with Crippen molar-refractivity contribution in [2.75, 3.05) is 20.2 Å². The molecule has 2 amide bonds. The largest absolute Gasteiger partial charge is 0.399 e. The molecule has 0 radical (unpaired) electrons. The summed E-state index contributed by atoms with van der Waals surface area (Å²) in [6.07, 6.45) is 2.52. The van der Waals surface area contributed by atoms with Crippen molar-refractivity contribution in [1.82, 2.24) is 15.2 Å². The molecule has 0 spiro atoms. The van der Waals surface area contributed by atoms with E-state index in [9.17, 15) is 24.8 Å². The van der Waals surface area contributed by atoms with E-state index in [4.69, 9.17) is 4.84 Å². The number of carbonyl (C=O) groups is 2. The van der Waals surface area contributed by atoms with Gasteiger partial charge in [0.25, 0.3) is 11.6 Å². The van der Waals surface area contributed by atoms with Gasteiger partial charge in [-0.15, -0.1) is 0 Å². The summed E-state index contributed by atoms with van der Waals surface area (Å²) in [6, 6.07) is 15.4. The molecule has 11 nitrogen and oxygen atoms in total. The van der Waals surface area contributed by atoms with Crippen LogP contribution in [0.5, 0.6) is 0 Å². The Balaban J connectivity index is 1.45. The fraction of sp³-hybridized carbons (Fsp3) is 0.231. The van der Waals surface area contributed by atoms with Crippen molar-refractivity contribution in [1.29, 1.82) is 0 Å². The molecule has 1 aliphatic rings. The van der Waals surface area contributed by atoms with Crippen LogP contribution in [0.25, 0.3) is 11.1 Å². The van der Waals surface area contributed by atoms with Crippen LogP contribution in [0.2, 0.25) is 0 Å². The molecule has 4 rings (SSSR count). The average molecular weight is 504 g/mol. The van der Waals surface area contributed by atoms with E-state index in [-0.39, 0.29) is 31.1 Å². The number of aliphatic hydroxyl groups excluding tert-OH is 1. The van der Waals surface area contributed by atoms with Crippen LogP contribution in [-0.4, -0.2) is 63.7 Å². The summed E-state index contributed by atoms with van der Waals surface area (Å²) in [4.78, 5) is 47.1. The van der Waals surface area contributed by atoms with Crippen LogP contribution < -0.4 is 5.32 Å². The van der Waals surface area contributed by atoms with E-state index in [0.717, 1.165) is 11.1 Å². The van der Waals surface area contributed by atoms with Gasteiger partial charge in [0.1, 0.15) is 13.2 Å². The number of benzene rings is 2. The molecule has 2 heterocycles. The fourth-order valence-electron chi connectivity index (χ4n) is 4.10. The zero-order valence-corrected chi connectivity index (χ0v) is 20.0. The molecule has 0 bridgehead atoms. The number of hydrogen-bond acceptors (Lipinski definition) is 8. The number of non-ortho nitro benzene ring substituents is 1. The highest BCUT2D eigenvalue weighted by Gasteiger charge is 2.38. The van der Waals surface area contributed by atoms with E-state index >= 15 is 0 Å². The molecule has 1 fully saturated rings. The van der Waals surface area contributed by atoms with E-state index < -0.39 is 23.0 Å². The van der Waals surface area contributed by atoms with Gasteiger partial charge in [-0.2, -0.15) is 0 Å². The quantitative estimate of drug-likeness (QED) is 0.355. The highest BCUT2D eigenvalue weighted by Crippen LogP contribution is 2.23. The first-order chi connectivity index (χ1) is 17.9. The third-order valence-electron chi connectivity index (χ3n) is 6.03. The Hall–Kier alpha value is -4.64. The van der Waals surface area contributed by atoms with E-state index in [2.05, 4.69) is 15.5 Å². The minimum Gasteiger partial charge on any atom is -0.399 e. The first kappa shape index (κ1) is 25.5. The summed E-state index contributed by atoms with van der Waals surface area (Å²) in [6.45, 7) is -0.00817. The zero-order chi connectivity index (χ0) is 26.4. The lowest BCUT2D eigenvalue weighted by atomic mass is 10.0. The van der Waals surface area contributed by atoms with E-state index in [1.165, 1.54) is 36.3 Å². The van der Waals surface area contributed by atoms with E-state index in [0.29, 0.717) is 16.8 Å². The summed E-state index contributed by atoms with van der Waals surface area (Å²) >= 11 is 0. The molecule has 2 N–H and O–H groups in total. The molecular weight excluding hydrogens is 478 g/mol. The van der Waals surface area contributed by atoms with Crippen LogP contribution in [0.15, 0.2) is 78.2 Å². The number of aromatic nitrogens is 1. The third kappa shape index (κ3) is 5.96. The van der Waals surface area contributed by atoms with Crippen molar-refractivity contribution in [3.63, 3.8) is 0 Å². The van der Waals surface area contributed by atoms with Crippen LogP contribution >= 0.6 is 0 Å². The highest BCUT2D eigenvalue weighted by molar-refractivity contribution is 6.05. The number of amides is 2. The highest BCUT2D eigenvalue weighted by atomic mass is 16.6. The first-order valence-corrected chi connectivity index (χ1v) is 11.5. The number of rotatable bonds is 8. The van der Waals surface area contributed by atoms with Crippen LogP contribution in [-0.2, 0) is 9.63 Å². The van der Waals surface area contributed by atoms with Crippen molar-refractivity contribution >= 4 is 23.2 Å². The maximum atomic E-state index is 13.3. The smallest absolute Gasteiger partial charge is 0.269 e. The van der Waals surface area contributed by atoms with Crippen LogP contribution in [0, 0.1) is 10.1 Å². The van der Waals surface area contributed by atoms with Gasteiger partial charge in [-0.05, 0) is 47.0 Å². The number of likely N-dealkylation sites (tertiary alicyclic amines) is 1. The second-order valence-electron chi connectivity index (χ2n) is 8.42. The van der Waals surface area contributed by atoms with Gasteiger partial charge in [-0.3, -0.25) is 24.7 Å². The van der Waals surface area contributed by atoms with Gasteiger partial charge in [-0.25, -0.2) is 0 Å². The summed E-state index contributed by atoms with van der Waals surface area (Å²) in [5, 5.41) is 27.9. The average Bonchev–Trinajstić information content (AvgIpc) is 3.36. The van der Waals surface area contributed by atoms with Crippen LogP contribution in [0.3, 0.4) is 0 Å². The Morgan fingerprint density at radius 2 is 1.92 bits per heavy atom. The second-order valence-corrected chi connectivity index (χ2v) is 8.42. The van der Waals surface area contributed by atoms with Crippen molar-refractivity contribution < 1.29 is 24.5 Å². The minimum absolute atomic E-state index is 0.0986. The lowest BCUT2D eigenvalue weighted by Gasteiger charge is -2.24. The van der Waals surface area contributed by atoms with Gasteiger partial charge in [-0.1, -0.05) is 23.4 Å². The molecule has 190 valence electrons. The molecular formula is C26H25N5O6. The zero-order valence-electron chi connectivity index (χ0n) is 20.0. The SMILES string of the molecule is CON=C1C[C@@H](C(=O)NCC(O)c2ccc([N+](=O)[O-])cc2)N(C(=O)c2ccc(-c3cccnc3)cc2)C1. The third-order valence-corrected chi connectivity index (χ3v) is 6.03. The van der Waals surface area contributed by atoms with Crippen molar-refractivity contribution in [2.24, 2.45) is 5.16 Å². The molecule has 2 aromatic carbocycles. The number of carbonyl (C=O) groups excluding carboxylic acids is 2. The molecule has 2 atom stereocenters. The number of aliphatic hydroxyl groups is 1. The number of oxime groups is 1. The molecule has 3 aromatic rings. The van der Waals surface area contributed by atoms with Gasteiger partial charge >= 0.3 is 0 Å². The molecule has 1 aliphatic heterocycles. The number of nitrogens with one attached hydrogen (secondary N) is 1. The number of nitro benzene ring substituents is 1. The molecule has 1 unspecified atom stereocenters. The summed E-state index contributed by atoms with van der Waals surface area (Å²) in [7, 11) is 1.39. The van der Waals surface area contributed by atoms with Crippen LogP contribution in [0.4, 0.5) is 5.69 Å². The Bertz CT molecular complexity index is 1300. The molecule has 1 saturated heterocycles. The lowest BCUT2D eigenvalue weighted by Crippen LogP contribution is -2.46. The molecule has 37 heavy (non-hydrogen) atoms. The maximum absolute atomic E-state index is 13.3. The predicted molar refractivity (Wildman–Crippen MR) is 135 cm³/mol. The second kappa shape index (κ2) is 11.4. The number of pyridine rings is 1. The molecule has 1 aromatic heterocycles. The van der Waals surface area contributed by atoms with Gasteiger partial charge < -0.3 is 20.2 Å². The summed E-state index contributed by atoms with van der Waals surface area (Å²) in [5.74, 6) is -0.794. The van der Waals surface area contributed by atoms with Crippen molar-refractivity contribution in [3.05, 3.63) is 94.3 Å². The van der Waals surface area contributed by atoms with Gasteiger partial charge in [0.2, 0.25) is 5.91 Å². The molecule has 0 aliphatic carbocycles. The standard InChI is InChI=1S/C26H25N5O6/c1-37-29-21-13-23(25(33)28-15-24(32)18-8-10-22(11-9-18)31(35)36)30(16-21)26(34)19-6-4-17(5-7-19)20-3-2-12-27-14-20/h2-12,14,23-24,32H,13,15-16H2,1H3,(H,28,33)/t23-,24?/m0/s1. The normalized spacial score (nSPS) is 16.9. The van der Waals surface area contributed by atoms with Gasteiger partial charge in [0.15, 0.2) is 0 Å². The van der Waals surface area contributed by atoms with Gasteiger partial charge in [0, 0.05) is 43.1 Å². The number of hydrogen-bond donors (Lipinski definition) is 2. The Labute approximate surface area is 212 Å². The topological polar surface area (TPSA) is 147 Å². The van der Waals surface area contributed by atoms with E-state index in [1.54, 1.807) is 24.5 Å². The Morgan fingerprint density at radius 3 is 2.54 bits per heavy atom. The van der Waals surface area contributed by atoms with Crippen molar-refractivity contribution in [2.45, 2.75) is 18.6 Å². The first-order valence-electron chi connectivity index (χ1n) is 11.5. The van der Waals surface area contributed by atoms with Gasteiger partial charge in [0.05, 0.1) is 23.3 Å². The minimum atomic E-state index is -1.08. The Morgan fingerprint density at radius 1 is 1.19 bits per heavy atom. The Kier molecular flexibility index (Phi) is 7.84. The fourth-order valence-corrected chi connectivity index (χ4v) is 4.10.